The van der Waals surface area contributed by atoms with Gasteiger partial charge in [-0.3, -0.25) is 0 Å². The zero-order valence-electron chi connectivity index (χ0n) is 6.03. The Bertz CT molecular complexity index is 338. The Morgan fingerprint density at radius 1 is 1.42 bits per heavy atom. The van der Waals surface area contributed by atoms with Gasteiger partial charge in [0, 0.05) is 12.0 Å². The molecule has 0 saturated heterocycles. The number of ether oxygens (including phenoxy) is 1. The number of hydrogen-bond donors (Lipinski definition) is 0. The van der Waals surface area contributed by atoms with E-state index in [0.717, 1.165) is 6.07 Å². The summed E-state index contributed by atoms with van der Waals surface area (Å²) in [4.78, 5) is 0. The summed E-state index contributed by atoms with van der Waals surface area (Å²) in [6.07, 6.45) is 0.442. The Hall–Kier alpha value is -0.640. The van der Waals surface area contributed by atoms with E-state index in [9.17, 15) is 8.78 Å². The number of hydrogen-bond acceptors (Lipinski definition) is 1. The summed E-state index contributed by atoms with van der Waals surface area (Å²) in [5.74, 6) is -0.852. The van der Waals surface area contributed by atoms with Crippen LogP contribution in [0.4, 0.5) is 8.78 Å². The Morgan fingerprint density at radius 3 is 2.92 bits per heavy atom. The number of halogens is 3. The summed E-state index contributed by atoms with van der Waals surface area (Å²) in [6.45, 7) is 0.361. The lowest BCUT2D eigenvalue weighted by Gasteiger charge is -2.02. The maximum Gasteiger partial charge on any atom is 0.166 e. The van der Waals surface area contributed by atoms with Crippen molar-refractivity contribution in [2.45, 2.75) is 6.42 Å². The molecule has 1 aliphatic heterocycles. The van der Waals surface area contributed by atoms with Crippen molar-refractivity contribution in [2.75, 3.05) is 6.61 Å². The summed E-state index contributed by atoms with van der Waals surface area (Å²) in [7, 11) is 0. The third-order valence-electron chi connectivity index (χ3n) is 1.82. The van der Waals surface area contributed by atoms with E-state index in [0.29, 0.717) is 18.6 Å². The SMILES string of the molecule is Fc1cc(Br)c(F)c2c1OCC2. The van der Waals surface area contributed by atoms with Crippen LogP contribution in [0, 0.1) is 11.6 Å². The average molecular weight is 235 g/mol. The topological polar surface area (TPSA) is 9.23 Å². The highest BCUT2D eigenvalue weighted by atomic mass is 79.9. The van der Waals surface area contributed by atoms with Gasteiger partial charge in [0.15, 0.2) is 11.6 Å². The minimum absolute atomic E-state index is 0.0655. The smallest absolute Gasteiger partial charge is 0.166 e. The van der Waals surface area contributed by atoms with E-state index in [2.05, 4.69) is 15.9 Å². The molecule has 4 heteroatoms. The van der Waals surface area contributed by atoms with Gasteiger partial charge in [-0.2, -0.15) is 0 Å². The third-order valence-corrected chi connectivity index (χ3v) is 2.39. The zero-order chi connectivity index (χ0) is 8.72. The molecule has 0 aliphatic carbocycles. The monoisotopic (exact) mass is 234 g/mol. The fourth-order valence-corrected chi connectivity index (χ4v) is 1.70. The molecule has 0 radical (unpaired) electrons. The molecular formula is C8H5BrF2O. The first-order chi connectivity index (χ1) is 5.70. The molecule has 1 heterocycles. The third kappa shape index (κ3) is 1.02. The lowest BCUT2D eigenvalue weighted by molar-refractivity contribution is 0.339. The van der Waals surface area contributed by atoms with Gasteiger partial charge in [0.1, 0.15) is 5.82 Å². The van der Waals surface area contributed by atoms with Gasteiger partial charge >= 0.3 is 0 Å². The summed E-state index contributed by atoms with van der Waals surface area (Å²) >= 11 is 2.93. The highest BCUT2D eigenvalue weighted by Gasteiger charge is 2.22. The van der Waals surface area contributed by atoms with Crippen LogP contribution < -0.4 is 4.74 Å². The van der Waals surface area contributed by atoms with Crippen LogP contribution in [0.2, 0.25) is 0 Å². The highest BCUT2D eigenvalue weighted by molar-refractivity contribution is 9.10. The molecule has 0 unspecified atom stereocenters. The molecule has 2 rings (SSSR count). The largest absolute Gasteiger partial charge is 0.490 e. The van der Waals surface area contributed by atoms with E-state index in [-0.39, 0.29) is 10.2 Å². The first-order valence-corrected chi connectivity index (χ1v) is 4.28. The van der Waals surface area contributed by atoms with Crippen molar-refractivity contribution < 1.29 is 13.5 Å². The van der Waals surface area contributed by atoms with Gasteiger partial charge in [0.2, 0.25) is 0 Å². The minimum atomic E-state index is -0.504. The summed E-state index contributed by atoms with van der Waals surface area (Å²) in [5, 5.41) is 0. The van der Waals surface area contributed by atoms with Gasteiger partial charge < -0.3 is 4.74 Å². The molecule has 0 atom stereocenters. The molecular weight excluding hydrogens is 230 g/mol. The average Bonchev–Trinajstić information content (AvgIpc) is 2.48. The fraction of sp³-hybridized carbons (Fsp3) is 0.250. The molecule has 0 spiro atoms. The number of fused-ring (bicyclic) bond motifs is 1. The van der Waals surface area contributed by atoms with E-state index >= 15 is 0 Å². The van der Waals surface area contributed by atoms with Gasteiger partial charge in [-0.25, -0.2) is 8.78 Å². The number of benzene rings is 1. The zero-order valence-corrected chi connectivity index (χ0v) is 7.62. The molecule has 12 heavy (non-hydrogen) atoms. The molecule has 1 aromatic rings. The van der Waals surface area contributed by atoms with Crippen LogP contribution in [-0.2, 0) is 6.42 Å². The molecule has 64 valence electrons. The predicted molar refractivity (Wildman–Crippen MR) is 43.3 cm³/mol. The maximum absolute atomic E-state index is 13.2. The summed E-state index contributed by atoms with van der Waals surface area (Å²) < 4.78 is 31.3. The molecule has 0 N–H and O–H groups in total. The van der Waals surface area contributed by atoms with Gasteiger partial charge in [-0.05, 0) is 22.0 Å². The van der Waals surface area contributed by atoms with Crippen molar-refractivity contribution in [3.63, 3.8) is 0 Å². The second kappa shape index (κ2) is 2.69. The standard InChI is InChI=1S/C8H5BrF2O/c9-5-3-6(10)8-4(7(5)11)1-2-12-8/h3H,1-2H2. The van der Waals surface area contributed by atoms with Gasteiger partial charge in [0.05, 0.1) is 11.1 Å². The van der Waals surface area contributed by atoms with E-state index in [1.54, 1.807) is 0 Å². The fourth-order valence-electron chi connectivity index (χ4n) is 1.26. The van der Waals surface area contributed by atoms with Crippen molar-refractivity contribution >= 4 is 15.9 Å². The van der Waals surface area contributed by atoms with Crippen LogP contribution in [-0.4, -0.2) is 6.61 Å². The van der Waals surface area contributed by atoms with E-state index < -0.39 is 11.6 Å². The van der Waals surface area contributed by atoms with Crippen molar-refractivity contribution in [3.05, 3.63) is 27.7 Å². The Balaban J connectivity index is 2.69. The van der Waals surface area contributed by atoms with Crippen LogP contribution in [0.25, 0.3) is 0 Å². The maximum atomic E-state index is 13.2. The van der Waals surface area contributed by atoms with Crippen LogP contribution in [0.3, 0.4) is 0 Å². The Labute approximate surface area is 76.5 Å². The molecule has 0 saturated carbocycles. The Kier molecular flexibility index (Phi) is 1.79. The van der Waals surface area contributed by atoms with Gasteiger partial charge in [0.25, 0.3) is 0 Å². The second-order valence-corrected chi connectivity index (χ2v) is 3.41. The van der Waals surface area contributed by atoms with Crippen LogP contribution in [0.15, 0.2) is 10.5 Å². The van der Waals surface area contributed by atoms with Crippen molar-refractivity contribution in [1.29, 1.82) is 0 Å². The van der Waals surface area contributed by atoms with Crippen LogP contribution in [0.1, 0.15) is 5.56 Å². The van der Waals surface area contributed by atoms with E-state index in [1.807, 2.05) is 0 Å². The first-order valence-electron chi connectivity index (χ1n) is 3.49. The van der Waals surface area contributed by atoms with Crippen molar-refractivity contribution in [3.8, 4) is 5.75 Å². The predicted octanol–water partition coefficient (Wildman–Crippen LogP) is 2.66. The number of rotatable bonds is 0. The molecule has 0 amide bonds. The highest BCUT2D eigenvalue weighted by Crippen LogP contribution is 2.34. The van der Waals surface area contributed by atoms with Gasteiger partial charge in [-0.15, -0.1) is 0 Å². The lowest BCUT2D eigenvalue weighted by Crippen LogP contribution is -1.90. The summed E-state index contributed by atoms with van der Waals surface area (Å²) in [5.41, 5.74) is 0.335. The molecule has 0 aromatic heterocycles. The van der Waals surface area contributed by atoms with Gasteiger partial charge in [-0.1, -0.05) is 0 Å². The second-order valence-electron chi connectivity index (χ2n) is 2.56. The van der Waals surface area contributed by atoms with Crippen LogP contribution in [0.5, 0.6) is 5.75 Å². The molecule has 0 fully saturated rings. The molecule has 1 nitrogen and oxygen atoms in total. The first kappa shape index (κ1) is 7.98. The lowest BCUT2D eigenvalue weighted by atomic mass is 10.1. The minimum Gasteiger partial charge on any atom is -0.490 e. The van der Waals surface area contributed by atoms with Crippen LogP contribution >= 0.6 is 15.9 Å². The quantitative estimate of drug-likeness (QED) is 0.628. The van der Waals surface area contributed by atoms with E-state index in [1.165, 1.54) is 0 Å². The molecule has 1 aliphatic rings. The van der Waals surface area contributed by atoms with Crippen molar-refractivity contribution in [2.24, 2.45) is 0 Å². The Morgan fingerprint density at radius 2 is 2.17 bits per heavy atom. The molecule has 0 bridgehead atoms. The summed E-state index contributed by atoms with van der Waals surface area (Å²) in [6, 6.07) is 1.08. The van der Waals surface area contributed by atoms with Crippen molar-refractivity contribution in [1.82, 2.24) is 0 Å². The normalized spacial score (nSPS) is 14.2. The van der Waals surface area contributed by atoms with E-state index in [4.69, 9.17) is 4.74 Å². The molecule has 1 aromatic carbocycles.